The van der Waals surface area contributed by atoms with Gasteiger partial charge in [-0.2, -0.15) is 0 Å². The van der Waals surface area contributed by atoms with Crippen molar-refractivity contribution >= 4 is 40.9 Å². The molecule has 0 heterocycles. The lowest BCUT2D eigenvalue weighted by Gasteiger charge is -2.34. The van der Waals surface area contributed by atoms with Crippen LogP contribution in [0.1, 0.15) is 20.8 Å². The van der Waals surface area contributed by atoms with E-state index in [0.29, 0.717) is 0 Å². The Kier molecular flexibility index (Phi) is 5.42. The molecule has 21 heavy (non-hydrogen) atoms. The summed E-state index contributed by atoms with van der Waals surface area (Å²) in [6.45, 7) is 4.61. The zero-order valence-electron chi connectivity index (χ0n) is 11.7. The Labute approximate surface area is 131 Å². The third kappa shape index (κ3) is 4.75. The van der Waals surface area contributed by atoms with Crippen molar-refractivity contribution in [1.29, 1.82) is 0 Å². The summed E-state index contributed by atoms with van der Waals surface area (Å²) in [7, 11) is 0. The largest absolute Gasteiger partial charge is 0.480 e. The number of benzene rings is 1. The molecule has 0 aliphatic heterocycles. The number of carboxylic acids is 1. The topological polar surface area (TPSA) is 69.6 Å². The minimum absolute atomic E-state index is 0.177. The summed E-state index contributed by atoms with van der Waals surface area (Å²) in [6.07, 6.45) is 0. The zero-order valence-corrected chi connectivity index (χ0v) is 13.2. The summed E-state index contributed by atoms with van der Waals surface area (Å²) in [4.78, 5) is 24.2. The molecule has 0 saturated carbocycles. The average Bonchev–Trinajstić information content (AvgIpc) is 2.31. The van der Waals surface area contributed by atoms with Crippen LogP contribution in [0.2, 0.25) is 10.0 Å². The van der Waals surface area contributed by atoms with E-state index in [2.05, 4.69) is 5.32 Å². The number of halogens is 3. The smallest absolute Gasteiger partial charge is 0.323 e. The van der Waals surface area contributed by atoms with Crippen molar-refractivity contribution < 1.29 is 19.1 Å². The molecule has 0 saturated heterocycles. The molecule has 1 aromatic rings. The van der Waals surface area contributed by atoms with E-state index in [0.717, 1.165) is 4.90 Å². The van der Waals surface area contributed by atoms with Crippen molar-refractivity contribution in [1.82, 2.24) is 4.90 Å². The van der Waals surface area contributed by atoms with Gasteiger partial charge in [0.05, 0.1) is 10.0 Å². The van der Waals surface area contributed by atoms with Gasteiger partial charge in [-0.3, -0.25) is 4.79 Å². The Morgan fingerprint density at radius 2 is 1.76 bits per heavy atom. The molecule has 116 valence electrons. The lowest BCUT2D eigenvalue weighted by atomic mass is 10.1. The van der Waals surface area contributed by atoms with E-state index in [1.54, 1.807) is 20.8 Å². The molecule has 1 rings (SSSR count). The van der Waals surface area contributed by atoms with Crippen LogP contribution in [0.3, 0.4) is 0 Å². The second kappa shape index (κ2) is 6.49. The van der Waals surface area contributed by atoms with E-state index in [1.807, 2.05) is 0 Å². The molecular formula is C13H15Cl2FN2O3. The first-order valence-corrected chi connectivity index (χ1v) is 6.73. The molecule has 0 aliphatic rings. The fourth-order valence-electron chi connectivity index (χ4n) is 1.57. The summed E-state index contributed by atoms with van der Waals surface area (Å²) >= 11 is 11.3. The standard InChI is InChI=1S/C13H15Cl2FN2O3/c1-13(2,3)18(6-10(19)20)12(21)17-7-4-8(14)11(16)9(15)5-7/h4-5H,6H2,1-3H3,(H,17,21)(H,19,20). The van der Waals surface area contributed by atoms with Crippen LogP contribution < -0.4 is 5.32 Å². The third-order valence-electron chi connectivity index (χ3n) is 2.58. The highest BCUT2D eigenvalue weighted by molar-refractivity contribution is 6.35. The number of rotatable bonds is 3. The van der Waals surface area contributed by atoms with Gasteiger partial charge < -0.3 is 15.3 Å². The first kappa shape index (κ1) is 17.5. The summed E-state index contributed by atoms with van der Waals surface area (Å²) in [5.74, 6) is -1.93. The number of hydrogen-bond acceptors (Lipinski definition) is 2. The van der Waals surface area contributed by atoms with Gasteiger partial charge in [-0.15, -0.1) is 0 Å². The van der Waals surface area contributed by atoms with Gasteiger partial charge in [-0.25, -0.2) is 9.18 Å². The van der Waals surface area contributed by atoms with Crippen LogP contribution >= 0.6 is 23.2 Å². The van der Waals surface area contributed by atoms with Crippen molar-refractivity contribution in [2.75, 3.05) is 11.9 Å². The fraction of sp³-hybridized carbons (Fsp3) is 0.385. The van der Waals surface area contributed by atoms with E-state index >= 15 is 0 Å². The molecule has 2 N–H and O–H groups in total. The van der Waals surface area contributed by atoms with Crippen molar-refractivity contribution in [3.8, 4) is 0 Å². The highest BCUT2D eigenvalue weighted by Gasteiger charge is 2.28. The maximum Gasteiger partial charge on any atom is 0.323 e. The lowest BCUT2D eigenvalue weighted by Crippen LogP contribution is -2.50. The minimum atomic E-state index is -1.14. The van der Waals surface area contributed by atoms with Crippen LogP contribution in [0, 0.1) is 5.82 Å². The summed E-state index contributed by atoms with van der Waals surface area (Å²) in [5, 5.41) is 10.8. The Hall–Kier alpha value is -1.53. The first-order chi connectivity index (χ1) is 9.52. The number of aliphatic carboxylic acids is 1. The van der Waals surface area contributed by atoms with E-state index in [9.17, 15) is 14.0 Å². The second-order valence-corrected chi connectivity index (χ2v) is 6.15. The Morgan fingerprint density at radius 1 is 1.29 bits per heavy atom. The molecule has 8 heteroatoms. The highest BCUT2D eigenvalue weighted by Crippen LogP contribution is 2.27. The van der Waals surface area contributed by atoms with E-state index in [4.69, 9.17) is 28.3 Å². The molecule has 0 bridgehead atoms. The summed E-state index contributed by atoms with van der Waals surface area (Å²) in [6, 6.07) is 1.74. The molecule has 0 atom stereocenters. The van der Waals surface area contributed by atoms with Crippen LogP contribution in [0.5, 0.6) is 0 Å². The van der Waals surface area contributed by atoms with Crippen molar-refractivity contribution in [3.05, 3.63) is 28.0 Å². The Balaban J connectivity index is 2.99. The predicted octanol–water partition coefficient (Wildman–Crippen LogP) is 3.85. The number of amides is 2. The van der Waals surface area contributed by atoms with Gasteiger partial charge in [-0.1, -0.05) is 23.2 Å². The second-order valence-electron chi connectivity index (χ2n) is 5.33. The summed E-state index contributed by atoms with van der Waals surface area (Å²) < 4.78 is 13.3. The van der Waals surface area contributed by atoms with Gasteiger partial charge in [0, 0.05) is 11.2 Å². The SMILES string of the molecule is CC(C)(C)N(CC(=O)O)C(=O)Nc1cc(Cl)c(F)c(Cl)c1. The van der Waals surface area contributed by atoms with Gasteiger partial charge in [0.25, 0.3) is 0 Å². The monoisotopic (exact) mass is 336 g/mol. The first-order valence-electron chi connectivity index (χ1n) is 5.97. The predicted molar refractivity (Wildman–Crippen MR) is 79.5 cm³/mol. The van der Waals surface area contributed by atoms with Gasteiger partial charge in [0.15, 0.2) is 5.82 Å². The van der Waals surface area contributed by atoms with Gasteiger partial charge in [-0.05, 0) is 32.9 Å². The Bertz CT molecular complexity index is 550. The molecule has 0 aliphatic carbocycles. The van der Waals surface area contributed by atoms with Gasteiger partial charge >= 0.3 is 12.0 Å². The number of carbonyl (C=O) groups excluding carboxylic acids is 1. The molecular weight excluding hydrogens is 322 g/mol. The quantitative estimate of drug-likeness (QED) is 0.823. The minimum Gasteiger partial charge on any atom is -0.480 e. The van der Waals surface area contributed by atoms with Crippen molar-refractivity contribution in [2.45, 2.75) is 26.3 Å². The number of urea groups is 1. The average molecular weight is 337 g/mol. The lowest BCUT2D eigenvalue weighted by molar-refractivity contribution is -0.138. The number of hydrogen-bond donors (Lipinski definition) is 2. The highest BCUT2D eigenvalue weighted by atomic mass is 35.5. The van der Waals surface area contributed by atoms with Gasteiger partial charge in [0.1, 0.15) is 6.54 Å². The molecule has 1 aromatic carbocycles. The molecule has 0 unspecified atom stereocenters. The van der Waals surface area contributed by atoms with Crippen molar-refractivity contribution in [2.24, 2.45) is 0 Å². The molecule has 0 radical (unpaired) electrons. The normalized spacial score (nSPS) is 11.1. The molecule has 2 amide bonds. The van der Waals surface area contributed by atoms with Crippen LogP contribution in [0.4, 0.5) is 14.9 Å². The van der Waals surface area contributed by atoms with Crippen LogP contribution in [0.25, 0.3) is 0 Å². The third-order valence-corrected chi connectivity index (χ3v) is 3.13. The van der Waals surface area contributed by atoms with Gasteiger partial charge in [0.2, 0.25) is 0 Å². The van der Waals surface area contributed by atoms with E-state index in [-0.39, 0.29) is 15.7 Å². The summed E-state index contributed by atoms with van der Waals surface area (Å²) in [5.41, 5.74) is -0.535. The number of nitrogens with one attached hydrogen (secondary N) is 1. The number of carbonyl (C=O) groups is 2. The number of carboxylic acid groups (broad SMARTS) is 1. The van der Waals surface area contributed by atoms with Crippen molar-refractivity contribution in [3.63, 3.8) is 0 Å². The zero-order chi connectivity index (χ0) is 16.4. The maximum atomic E-state index is 13.3. The van der Waals surface area contributed by atoms with Crippen LogP contribution in [-0.2, 0) is 4.79 Å². The molecule has 0 aromatic heterocycles. The van der Waals surface area contributed by atoms with Crippen LogP contribution in [0.15, 0.2) is 12.1 Å². The molecule has 5 nitrogen and oxygen atoms in total. The number of nitrogens with zero attached hydrogens (tertiary/aromatic N) is 1. The number of anilines is 1. The van der Waals surface area contributed by atoms with Crippen LogP contribution in [-0.4, -0.2) is 34.1 Å². The van der Waals surface area contributed by atoms with E-state index in [1.165, 1.54) is 12.1 Å². The molecule has 0 spiro atoms. The fourth-order valence-corrected chi connectivity index (χ4v) is 2.05. The van der Waals surface area contributed by atoms with E-state index < -0.39 is 29.9 Å². The Morgan fingerprint density at radius 3 is 2.14 bits per heavy atom. The maximum absolute atomic E-state index is 13.3. The molecule has 0 fully saturated rings.